The lowest BCUT2D eigenvalue weighted by Gasteiger charge is -2.19. The van der Waals surface area contributed by atoms with E-state index < -0.39 is 0 Å². The summed E-state index contributed by atoms with van der Waals surface area (Å²) < 4.78 is 12.2. The molecule has 1 aliphatic rings. The molecule has 0 amide bonds. The quantitative estimate of drug-likeness (QED) is 0.286. The summed E-state index contributed by atoms with van der Waals surface area (Å²) in [5.41, 5.74) is 6.80. The van der Waals surface area contributed by atoms with E-state index in [9.17, 15) is 5.11 Å². The molecular formula is C32H33NO3. The molecule has 1 heterocycles. The second kappa shape index (κ2) is 11.3. The molecule has 0 radical (unpaired) electrons. The van der Waals surface area contributed by atoms with Gasteiger partial charge in [-0.25, -0.2) is 0 Å². The molecule has 4 aromatic carbocycles. The first-order chi connectivity index (χ1) is 17.7. The molecule has 184 valence electrons. The van der Waals surface area contributed by atoms with Crippen LogP contribution in [-0.2, 0) is 19.6 Å². The van der Waals surface area contributed by atoms with Gasteiger partial charge in [0.1, 0.15) is 23.9 Å². The lowest BCUT2D eigenvalue weighted by atomic mass is 9.93. The number of likely N-dealkylation sites (tertiary alicyclic amines) is 1. The fourth-order valence-electron chi connectivity index (χ4n) is 4.95. The van der Waals surface area contributed by atoms with Crippen LogP contribution in [0.15, 0.2) is 91.0 Å². The predicted octanol–water partition coefficient (Wildman–Crippen LogP) is 6.83. The normalized spacial score (nSPS) is 13.6. The van der Waals surface area contributed by atoms with Gasteiger partial charge in [-0.05, 0) is 72.5 Å². The predicted molar refractivity (Wildman–Crippen MR) is 145 cm³/mol. The largest absolute Gasteiger partial charge is 0.508 e. The summed E-state index contributed by atoms with van der Waals surface area (Å²) in [4.78, 5) is 2.49. The summed E-state index contributed by atoms with van der Waals surface area (Å²) in [5, 5.41) is 9.82. The highest BCUT2D eigenvalue weighted by Crippen LogP contribution is 2.35. The molecule has 36 heavy (non-hydrogen) atoms. The van der Waals surface area contributed by atoms with E-state index >= 15 is 0 Å². The van der Waals surface area contributed by atoms with Crippen molar-refractivity contribution < 1.29 is 14.6 Å². The number of nitrogens with zero attached hydrogens (tertiary/aromatic N) is 1. The average Bonchev–Trinajstić information content (AvgIpc) is 3.43. The number of hydrogen-bond donors (Lipinski definition) is 1. The smallest absolute Gasteiger partial charge is 0.123 e. The molecule has 0 spiro atoms. The van der Waals surface area contributed by atoms with E-state index in [4.69, 9.17) is 9.47 Å². The van der Waals surface area contributed by atoms with Gasteiger partial charge in [0.2, 0.25) is 0 Å². The maximum atomic E-state index is 9.82. The summed E-state index contributed by atoms with van der Waals surface area (Å²) in [6.45, 7) is 3.75. The number of methoxy groups -OCH3 is 1. The summed E-state index contributed by atoms with van der Waals surface area (Å²) in [6.07, 6.45) is 3.27. The summed E-state index contributed by atoms with van der Waals surface area (Å²) >= 11 is 0. The molecule has 1 saturated heterocycles. The van der Waals surface area contributed by atoms with Gasteiger partial charge >= 0.3 is 0 Å². The third kappa shape index (κ3) is 5.72. The van der Waals surface area contributed by atoms with Gasteiger partial charge < -0.3 is 14.6 Å². The minimum atomic E-state index is 0.259. The molecule has 5 rings (SSSR count). The first kappa shape index (κ1) is 24.0. The highest BCUT2D eigenvalue weighted by Gasteiger charge is 2.17. The Bertz CT molecular complexity index is 1280. The highest BCUT2D eigenvalue weighted by molar-refractivity contribution is 5.71. The average molecular weight is 480 g/mol. The third-order valence-electron chi connectivity index (χ3n) is 6.87. The van der Waals surface area contributed by atoms with Gasteiger partial charge in [0.05, 0.1) is 7.11 Å². The van der Waals surface area contributed by atoms with E-state index in [2.05, 4.69) is 41.3 Å². The first-order valence-corrected chi connectivity index (χ1v) is 12.7. The number of aromatic hydroxyl groups is 1. The summed E-state index contributed by atoms with van der Waals surface area (Å²) in [5.74, 6) is 2.06. The minimum Gasteiger partial charge on any atom is -0.508 e. The van der Waals surface area contributed by atoms with Crippen LogP contribution in [0, 0.1) is 0 Å². The fraction of sp³-hybridized carbons (Fsp3) is 0.250. The molecular weight excluding hydrogens is 446 g/mol. The molecule has 4 aromatic rings. The van der Waals surface area contributed by atoms with Gasteiger partial charge in [-0.2, -0.15) is 0 Å². The molecule has 0 saturated carbocycles. The molecule has 1 aliphatic heterocycles. The van der Waals surface area contributed by atoms with Gasteiger partial charge in [0, 0.05) is 24.1 Å². The summed E-state index contributed by atoms with van der Waals surface area (Å²) in [7, 11) is 1.76. The van der Waals surface area contributed by atoms with Gasteiger partial charge in [0.15, 0.2) is 0 Å². The van der Waals surface area contributed by atoms with Crippen molar-refractivity contribution in [2.75, 3.05) is 20.2 Å². The van der Waals surface area contributed by atoms with Crippen LogP contribution in [0.1, 0.15) is 35.1 Å². The Morgan fingerprint density at radius 3 is 2.31 bits per heavy atom. The Labute approximate surface area is 213 Å². The van der Waals surface area contributed by atoms with Crippen LogP contribution < -0.4 is 9.47 Å². The SMILES string of the molecule is COc1cc(Cc2c(OCc3ccccc3)cccc2-c2ccc(O)cc2)ccc1CN1CCCC1. The second-order valence-corrected chi connectivity index (χ2v) is 9.41. The topological polar surface area (TPSA) is 41.9 Å². The van der Waals surface area contributed by atoms with E-state index in [0.29, 0.717) is 13.0 Å². The molecule has 1 fully saturated rings. The number of phenolic OH excluding ortho intramolecular Hbond substituents is 1. The highest BCUT2D eigenvalue weighted by atomic mass is 16.5. The number of rotatable bonds is 9. The Balaban J connectivity index is 1.47. The van der Waals surface area contributed by atoms with E-state index in [1.165, 1.54) is 24.0 Å². The zero-order valence-electron chi connectivity index (χ0n) is 20.8. The molecule has 0 aliphatic carbocycles. The van der Waals surface area contributed by atoms with E-state index in [0.717, 1.165) is 53.4 Å². The van der Waals surface area contributed by atoms with Crippen molar-refractivity contribution in [3.05, 3.63) is 113 Å². The zero-order valence-corrected chi connectivity index (χ0v) is 20.8. The van der Waals surface area contributed by atoms with Crippen LogP contribution >= 0.6 is 0 Å². The Kier molecular flexibility index (Phi) is 7.53. The van der Waals surface area contributed by atoms with Crippen molar-refractivity contribution in [1.82, 2.24) is 4.90 Å². The van der Waals surface area contributed by atoms with Crippen molar-refractivity contribution in [3.63, 3.8) is 0 Å². The van der Waals surface area contributed by atoms with Crippen LogP contribution in [0.3, 0.4) is 0 Å². The van der Waals surface area contributed by atoms with Crippen LogP contribution in [0.2, 0.25) is 0 Å². The fourth-order valence-corrected chi connectivity index (χ4v) is 4.95. The van der Waals surface area contributed by atoms with Crippen molar-refractivity contribution in [2.45, 2.75) is 32.4 Å². The molecule has 4 nitrogen and oxygen atoms in total. The van der Waals surface area contributed by atoms with E-state index in [-0.39, 0.29) is 5.75 Å². The van der Waals surface area contributed by atoms with E-state index in [1.54, 1.807) is 19.2 Å². The Morgan fingerprint density at radius 2 is 1.56 bits per heavy atom. The van der Waals surface area contributed by atoms with Crippen molar-refractivity contribution in [2.24, 2.45) is 0 Å². The maximum Gasteiger partial charge on any atom is 0.123 e. The Morgan fingerprint density at radius 1 is 0.778 bits per heavy atom. The second-order valence-electron chi connectivity index (χ2n) is 9.41. The van der Waals surface area contributed by atoms with Crippen molar-refractivity contribution in [3.8, 4) is 28.4 Å². The minimum absolute atomic E-state index is 0.259. The molecule has 0 bridgehead atoms. The van der Waals surface area contributed by atoms with Crippen molar-refractivity contribution >= 4 is 0 Å². The number of ether oxygens (including phenoxy) is 2. The monoisotopic (exact) mass is 479 g/mol. The Hall–Kier alpha value is -3.76. The lowest BCUT2D eigenvalue weighted by molar-refractivity contribution is 0.303. The standard InChI is InChI=1S/C32H33NO3/c1-35-32-21-25(12-13-27(32)22-33-18-5-6-19-33)20-30-29(26-14-16-28(34)17-15-26)10-7-11-31(30)36-23-24-8-3-2-4-9-24/h2-4,7-17,21,34H,5-6,18-20,22-23H2,1H3. The molecule has 4 heteroatoms. The molecule has 0 atom stereocenters. The number of hydrogen-bond acceptors (Lipinski definition) is 4. The molecule has 1 N–H and O–H groups in total. The van der Waals surface area contributed by atoms with Crippen molar-refractivity contribution in [1.29, 1.82) is 0 Å². The first-order valence-electron chi connectivity index (χ1n) is 12.7. The molecule has 0 unspecified atom stereocenters. The van der Waals surface area contributed by atoms with Crippen LogP contribution in [-0.4, -0.2) is 30.2 Å². The van der Waals surface area contributed by atoms with Crippen LogP contribution in [0.5, 0.6) is 17.2 Å². The van der Waals surface area contributed by atoms with E-state index in [1.807, 2.05) is 42.5 Å². The van der Waals surface area contributed by atoms with Crippen LogP contribution in [0.4, 0.5) is 0 Å². The lowest BCUT2D eigenvalue weighted by Crippen LogP contribution is -2.18. The van der Waals surface area contributed by atoms with Gasteiger partial charge in [0.25, 0.3) is 0 Å². The third-order valence-corrected chi connectivity index (χ3v) is 6.87. The summed E-state index contributed by atoms with van der Waals surface area (Å²) in [6, 6.07) is 30.4. The van der Waals surface area contributed by atoms with Crippen LogP contribution in [0.25, 0.3) is 11.1 Å². The van der Waals surface area contributed by atoms with Gasteiger partial charge in [-0.3, -0.25) is 4.90 Å². The van der Waals surface area contributed by atoms with Gasteiger partial charge in [-0.15, -0.1) is 0 Å². The molecule has 0 aromatic heterocycles. The zero-order chi connectivity index (χ0) is 24.7. The number of benzene rings is 4. The maximum absolute atomic E-state index is 9.82. The number of phenols is 1. The van der Waals surface area contributed by atoms with Gasteiger partial charge in [-0.1, -0.05) is 66.7 Å².